The molecule has 7 heteroatoms. The van der Waals surface area contributed by atoms with Gasteiger partial charge in [-0.25, -0.2) is 4.79 Å². The Morgan fingerprint density at radius 1 is 1.41 bits per heavy atom. The summed E-state index contributed by atoms with van der Waals surface area (Å²) in [5.74, 6) is -1.64. The summed E-state index contributed by atoms with van der Waals surface area (Å²) in [7, 11) is 0. The van der Waals surface area contributed by atoms with E-state index in [0.29, 0.717) is 5.56 Å². The first-order chi connectivity index (χ1) is 7.78. The number of rotatable bonds is 3. The second-order valence-electron chi connectivity index (χ2n) is 3.01. The van der Waals surface area contributed by atoms with Crippen molar-refractivity contribution in [1.29, 1.82) is 0 Å². The lowest BCUT2D eigenvalue weighted by Gasteiger charge is -2.10. The summed E-state index contributed by atoms with van der Waals surface area (Å²) in [5.41, 5.74) is 5.72. The van der Waals surface area contributed by atoms with E-state index in [2.05, 4.69) is 4.74 Å². The molecule has 0 amide bonds. The van der Waals surface area contributed by atoms with Crippen LogP contribution in [0.4, 0.5) is 18.9 Å². The van der Waals surface area contributed by atoms with E-state index in [-0.39, 0.29) is 5.69 Å². The zero-order chi connectivity index (χ0) is 13.1. The van der Waals surface area contributed by atoms with Gasteiger partial charge < -0.3 is 15.6 Å². The number of anilines is 1. The standard InChI is InChI=1S/C10H8F3NO3/c11-10(12,13)17-7-3-1-6(8(14)5-7)2-4-9(15)16/h1-5H,14H2,(H,15,16). The van der Waals surface area contributed by atoms with Crippen molar-refractivity contribution in [3.8, 4) is 5.75 Å². The molecule has 0 saturated carbocycles. The number of alkyl halides is 3. The summed E-state index contributed by atoms with van der Waals surface area (Å²) in [5, 5.41) is 8.37. The van der Waals surface area contributed by atoms with Gasteiger partial charge in [0.15, 0.2) is 0 Å². The van der Waals surface area contributed by atoms with Crippen molar-refractivity contribution in [3.05, 3.63) is 29.8 Å². The fourth-order valence-corrected chi connectivity index (χ4v) is 1.06. The molecule has 1 rings (SSSR count). The van der Waals surface area contributed by atoms with Crippen LogP contribution < -0.4 is 10.5 Å². The van der Waals surface area contributed by atoms with Crippen LogP contribution in [0.5, 0.6) is 5.75 Å². The molecule has 0 fully saturated rings. The fourth-order valence-electron chi connectivity index (χ4n) is 1.06. The zero-order valence-corrected chi connectivity index (χ0v) is 8.36. The van der Waals surface area contributed by atoms with Crippen LogP contribution in [0.15, 0.2) is 24.3 Å². The summed E-state index contributed by atoms with van der Waals surface area (Å²) in [6, 6.07) is 3.25. The molecule has 4 nitrogen and oxygen atoms in total. The van der Waals surface area contributed by atoms with E-state index in [4.69, 9.17) is 10.8 Å². The normalized spacial score (nSPS) is 11.7. The molecule has 0 heterocycles. The van der Waals surface area contributed by atoms with Crippen molar-refractivity contribution in [2.24, 2.45) is 0 Å². The predicted octanol–water partition coefficient (Wildman–Crippen LogP) is 2.27. The van der Waals surface area contributed by atoms with Gasteiger partial charge in [0.1, 0.15) is 5.75 Å². The van der Waals surface area contributed by atoms with Gasteiger partial charge in [-0.05, 0) is 23.8 Å². The van der Waals surface area contributed by atoms with E-state index in [1.54, 1.807) is 0 Å². The van der Waals surface area contributed by atoms with Crippen LogP contribution in [0.25, 0.3) is 6.08 Å². The number of hydrogen-bond acceptors (Lipinski definition) is 3. The SMILES string of the molecule is Nc1cc(OC(F)(F)F)ccc1C=CC(=O)O. The van der Waals surface area contributed by atoms with Gasteiger partial charge in [-0.1, -0.05) is 0 Å². The molecule has 0 unspecified atom stereocenters. The number of ether oxygens (including phenoxy) is 1. The van der Waals surface area contributed by atoms with Crippen LogP contribution in [0.1, 0.15) is 5.56 Å². The highest BCUT2D eigenvalue weighted by atomic mass is 19.4. The van der Waals surface area contributed by atoms with E-state index in [1.807, 2.05) is 0 Å². The molecule has 1 aromatic rings. The van der Waals surface area contributed by atoms with Gasteiger partial charge in [0.2, 0.25) is 0 Å². The smallest absolute Gasteiger partial charge is 0.478 e. The van der Waals surface area contributed by atoms with E-state index >= 15 is 0 Å². The molecule has 0 aliphatic carbocycles. The summed E-state index contributed by atoms with van der Waals surface area (Å²) in [6.07, 6.45) is -2.78. The van der Waals surface area contributed by atoms with Gasteiger partial charge in [-0.2, -0.15) is 0 Å². The lowest BCUT2D eigenvalue weighted by molar-refractivity contribution is -0.274. The van der Waals surface area contributed by atoms with Crippen molar-refractivity contribution in [2.45, 2.75) is 6.36 Å². The Morgan fingerprint density at radius 3 is 2.53 bits per heavy atom. The first-order valence-electron chi connectivity index (χ1n) is 4.34. The third-order valence-corrected chi connectivity index (χ3v) is 1.70. The highest BCUT2D eigenvalue weighted by molar-refractivity contribution is 5.86. The Bertz CT molecular complexity index is 455. The van der Waals surface area contributed by atoms with E-state index < -0.39 is 18.1 Å². The van der Waals surface area contributed by atoms with Crippen LogP contribution >= 0.6 is 0 Å². The molecule has 0 aliphatic rings. The Balaban J connectivity index is 2.90. The molecule has 0 aromatic heterocycles. The quantitative estimate of drug-likeness (QED) is 0.634. The van der Waals surface area contributed by atoms with Crippen LogP contribution in [0.3, 0.4) is 0 Å². The minimum atomic E-state index is -4.79. The molecular weight excluding hydrogens is 239 g/mol. The second kappa shape index (κ2) is 4.77. The lowest BCUT2D eigenvalue weighted by Crippen LogP contribution is -2.17. The number of nitrogens with two attached hydrogens (primary N) is 1. The molecule has 0 saturated heterocycles. The fraction of sp³-hybridized carbons (Fsp3) is 0.100. The average Bonchev–Trinajstić information content (AvgIpc) is 2.13. The van der Waals surface area contributed by atoms with Crippen molar-refractivity contribution in [1.82, 2.24) is 0 Å². The molecular formula is C10H8F3NO3. The van der Waals surface area contributed by atoms with Crippen molar-refractivity contribution < 1.29 is 27.8 Å². The van der Waals surface area contributed by atoms with Crippen LogP contribution in [0.2, 0.25) is 0 Å². The Morgan fingerprint density at radius 2 is 2.06 bits per heavy atom. The van der Waals surface area contributed by atoms with Gasteiger partial charge in [-0.15, -0.1) is 13.2 Å². The summed E-state index contributed by atoms with van der Waals surface area (Å²) >= 11 is 0. The summed E-state index contributed by atoms with van der Waals surface area (Å²) in [4.78, 5) is 10.2. The summed E-state index contributed by atoms with van der Waals surface area (Å²) < 4.78 is 39.3. The number of hydrogen-bond donors (Lipinski definition) is 2. The van der Waals surface area contributed by atoms with Crippen molar-refractivity contribution in [3.63, 3.8) is 0 Å². The molecule has 0 aliphatic heterocycles. The zero-order valence-electron chi connectivity index (χ0n) is 8.36. The van der Waals surface area contributed by atoms with Gasteiger partial charge >= 0.3 is 12.3 Å². The maximum Gasteiger partial charge on any atom is 0.573 e. The first kappa shape index (κ1) is 12.9. The predicted molar refractivity (Wildman–Crippen MR) is 54.2 cm³/mol. The molecule has 92 valence electrons. The van der Waals surface area contributed by atoms with Crippen molar-refractivity contribution >= 4 is 17.7 Å². The number of carboxylic acids is 1. The Labute approximate surface area is 94.1 Å². The van der Waals surface area contributed by atoms with Crippen LogP contribution in [-0.2, 0) is 4.79 Å². The maximum atomic E-state index is 11.9. The Kier molecular flexibility index (Phi) is 3.62. The van der Waals surface area contributed by atoms with E-state index in [0.717, 1.165) is 18.2 Å². The number of nitrogen functional groups attached to an aromatic ring is 1. The minimum absolute atomic E-state index is 0.00995. The molecule has 17 heavy (non-hydrogen) atoms. The monoisotopic (exact) mass is 247 g/mol. The molecule has 1 aromatic carbocycles. The third-order valence-electron chi connectivity index (χ3n) is 1.70. The highest BCUT2D eigenvalue weighted by Crippen LogP contribution is 2.26. The summed E-state index contributed by atoms with van der Waals surface area (Å²) in [6.45, 7) is 0. The number of carboxylic acid groups (broad SMARTS) is 1. The van der Waals surface area contributed by atoms with Gasteiger partial charge in [0.05, 0.1) is 0 Å². The topological polar surface area (TPSA) is 72.5 Å². The number of aliphatic carboxylic acids is 1. The Hall–Kier alpha value is -2.18. The first-order valence-corrected chi connectivity index (χ1v) is 4.34. The molecule has 0 atom stereocenters. The van der Waals surface area contributed by atoms with E-state index in [9.17, 15) is 18.0 Å². The number of carbonyl (C=O) groups is 1. The van der Waals surface area contributed by atoms with Gasteiger partial charge in [-0.3, -0.25) is 0 Å². The maximum absolute atomic E-state index is 11.9. The number of halogens is 3. The third kappa shape index (κ3) is 4.45. The van der Waals surface area contributed by atoms with Crippen LogP contribution in [0, 0.1) is 0 Å². The van der Waals surface area contributed by atoms with E-state index in [1.165, 1.54) is 12.1 Å². The largest absolute Gasteiger partial charge is 0.573 e. The van der Waals surface area contributed by atoms with Gasteiger partial charge in [0.25, 0.3) is 0 Å². The lowest BCUT2D eigenvalue weighted by atomic mass is 10.1. The average molecular weight is 247 g/mol. The minimum Gasteiger partial charge on any atom is -0.478 e. The molecule has 0 spiro atoms. The highest BCUT2D eigenvalue weighted by Gasteiger charge is 2.31. The molecule has 0 bridgehead atoms. The van der Waals surface area contributed by atoms with Crippen LogP contribution in [-0.4, -0.2) is 17.4 Å². The second-order valence-corrected chi connectivity index (χ2v) is 3.01. The molecule has 3 N–H and O–H groups in total. The molecule has 0 radical (unpaired) electrons. The number of benzene rings is 1. The van der Waals surface area contributed by atoms with Gasteiger partial charge in [0, 0.05) is 17.8 Å². The van der Waals surface area contributed by atoms with Crippen molar-refractivity contribution in [2.75, 3.05) is 5.73 Å².